The van der Waals surface area contributed by atoms with Gasteiger partial charge in [0.1, 0.15) is 0 Å². The van der Waals surface area contributed by atoms with Gasteiger partial charge in [-0.2, -0.15) is 0 Å². The molecule has 5 nitrogen and oxygen atoms in total. The summed E-state index contributed by atoms with van der Waals surface area (Å²) in [4.78, 5) is 0. The van der Waals surface area contributed by atoms with Gasteiger partial charge < -0.3 is 24.1 Å². The van der Waals surface area contributed by atoms with Crippen LogP contribution in [0.2, 0.25) is 0 Å². The van der Waals surface area contributed by atoms with E-state index < -0.39 is 6.29 Å². The molecule has 0 saturated carbocycles. The van der Waals surface area contributed by atoms with E-state index in [1.54, 1.807) is 0 Å². The molecule has 2 fully saturated rings. The van der Waals surface area contributed by atoms with Crippen molar-refractivity contribution in [1.29, 1.82) is 0 Å². The second kappa shape index (κ2) is 3.85. The van der Waals surface area contributed by atoms with E-state index >= 15 is 0 Å². The average Bonchev–Trinajstić information content (AvgIpc) is 3.06. The van der Waals surface area contributed by atoms with Crippen molar-refractivity contribution in [2.24, 2.45) is 11.8 Å². The van der Waals surface area contributed by atoms with E-state index in [-0.39, 0.29) is 24.7 Å². The lowest BCUT2D eigenvalue weighted by Gasteiger charge is -2.16. The summed E-state index contributed by atoms with van der Waals surface area (Å²) in [6.45, 7) is 1.37. The summed E-state index contributed by atoms with van der Waals surface area (Å²) >= 11 is 0. The van der Waals surface area contributed by atoms with Crippen LogP contribution in [-0.2, 0) is 9.47 Å². The van der Waals surface area contributed by atoms with E-state index in [2.05, 4.69) is 0 Å². The molecule has 0 bridgehead atoms. The standard InChI is InChI=1S/C13H14O5/c14-13-9-5-15-12(8(9)4-16-13)7-1-2-10-11(3-7)18-6-17-10/h1-3,8-9,12-14H,4-6H2. The van der Waals surface area contributed by atoms with Gasteiger partial charge in [0.25, 0.3) is 0 Å². The summed E-state index contributed by atoms with van der Waals surface area (Å²) in [5.41, 5.74) is 1.06. The zero-order valence-electron chi connectivity index (χ0n) is 9.74. The zero-order chi connectivity index (χ0) is 12.1. The monoisotopic (exact) mass is 250 g/mol. The summed E-state index contributed by atoms with van der Waals surface area (Å²) in [7, 11) is 0. The summed E-state index contributed by atoms with van der Waals surface area (Å²) in [6.07, 6.45) is -0.712. The van der Waals surface area contributed by atoms with Gasteiger partial charge in [0.05, 0.1) is 19.3 Å². The van der Waals surface area contributed by atoms with Gasteiger partial charge in [-0.15, -0.1) is 0 Å². The van der Waals surface area contributed by atoms with Gasteiger partial charge in [0.2, 0.25) is 6.79 Å². The molecule has 0 amide bonds. The number of ether oxygens (including phenoxy) is 4. The Morgan fingerprint density at radius 1 is 1.00 bits per heavy atom. The Labute approximate surface area is 104 Å². The van der Waals surface area contributed by atoms with Crippen LogP contribution in [0.3, 0.4) is 0 Å². The van der Waals surface area contributed by atoms with Crippen molar-refractivity contribution < 1.29 is 24.1 Å². The van der Waals surface area contributed by atoms with Crippen LogP contribution in [0.4, 0.5) is 0 Å². The van der Waals surface area contributed by atoms with Crippen molar-refractivity contribution >= 4 is 0 Å². The van der Waals surface area contributed by atoms with Crippen LogP contribution in [0.1, 0.15) is 11.7 Å². The highest BCUT2D eigenvalue weighted by Crippen LogP contribution is 2.46. The number of rotatable bonds is 1. The highest BCUT2D eigenvalue weighted by Gasteiger charge is 2.47. The summed E-state index contributed by atoms with van der Waals surface area (Å²) < 4.78 is 21.7. The molecule has 0 spiro atoms. The molecule has 2 saturated heterocycles. The molecule has 3 heterocycles. The minimum absolute atomic E-state index is 0.0263. The Balaban J connectivity index is 1.64. The maximum atomic E-state index is 9.67. The minimum Gasteiger partial charge on any atom is -0.454 e. The Kier molecular flexibility index (Phi) is 2.27. The molecule has 1 N–H and O–H groups in total. The Morgan fingerprint density at radius 3 is 2.78 bits per heavy atom. The van der Waals surface area contributed by atoms with Gasteiger partial charge in [0.15, 0.2) is 17.8 Å². The lowest BCUT2D eigenvalue weighted by atomic mass is 9.89. The maximum absolute atomic E-state index is 9.67. The maximum Gasteiger partial charge on any atom is 0.231 e. The first-order valence-electron chi connectivity index (χ1n) is 6.14. The van der Waals surface area contributed by atoms with Gasteiger partial charge in [-0.3, -0.25) is 0 Å². The van der Waals surface area contributed by atoms with Crippen molar-refractivity contribution in [3.05, 3.63) is 23.8 Å². The first-order chi connectivity index (χ1) is 8.83. The Hall–Kier alpha value is -1.30. The molecule has 1 aromatic rings. The number of hydrogen-bond donors (Lipinski definition) is 1. The number of aliphatic hydroxyl groups is 1. The molecule has 1 aromatic carbocycles. The van der Waals surface area contributed by atoms with Gasteiger partial charge in [-0.1, -0.05) is 6.07 Å². The molecule has 0 aliphatic carbocycles. The predicted octanol–water partition coefficient (Wildman–Crippen LogP) is 1.07. The van der Waals surface area contributed by atoms with E-state index in [0.717, 1.165) is 17.1 Å². The zero-order valence-corrected chi connectivity index (χ0v) is 9.74. The summed E-state index contributed by atoms with van der Waals surface area (Å²) in [5, 5.41) is 9.67. The molecule has 96 valence electrons. The second-order valence-corrected chi connectivity index (χ2v) is 4.92. The topological polar surface area (TPSA) is 57.2 Å². The lowest BCUT2D eigenvalue weighted by Crippen LogP contribution is -2.19. The molecule has 4 unspecified atom stereocenters. The Bertz CT molecular complexity index is 474. The van der Waals surface area contributed by atoms with Gasteiger partial charge in [-0.25, -0.2) is 0 Å². The number of benzene rings is 1. The van der Waals surface area contributed by atoms with E-state index in [4.69, 9.17) is 18.9 Å². The largest absolute Gasteiger partial charge is 0.454 e. The molecule has 5 heteroatoms. The first-order valence-corrected chi connectivity index (χ1v) is 6.14. The number of hydrogen-bond acceptors (Lipinski definition) is 5. The Morgan fingerprint density at radius 2 is 1.83 bits per heavy atom. The van der Waals surface area contributed by atoms with Crippen molar-refractivity contribution in [1.82, 2.24) is 0 Å². The molecule has 0 radical (unpaired) electrons. The molecular weight excluding hydrogens is 236 g/mol. The molecule has 0 aromatic heterocycles. The molecule has 3 aliphatic heterocycles. The van der Waals surface area contributed by atoms with Crippen LogP contribution in [0.25, 0.3) is 0 Å². The van der Waals surface area contributed by atoms with Crippen molar-refractivity contribution in [2.45, 2.75) is 12.4 Å². The quantitative estimate of drug-likeness (QED) is 0.808. The fraction of sp³-hybridized carbons (Fsp3) is 0.538. The van der Waals surface area contributed by atoms with Gasteiger partial charge >= 0.3 is 0 Å². The molecular formula is C13H14O5. The van der Waals surface area contributed by atoms with Crippen LogP contribution in [-0.4, -0.2) is 31.4 Å². The van der Waals surface area contributed by atoms with Gasteiger partial charge in [0, 0.05) is 11.8 Å². The SMILES string of the molecule is OC1OCC2C(c3ccc4c(c3)OCO4)OCC12. The van der Waals surface area contributed by atoms with Crippen molar-refractivity contribution in [3.8, 4) is 11.5 Å². The molecule has 4 rings (SSSR count). The smallest absolute Gasteiger partial charge is 0.231 e. The lowest BCUT2D eigenvalue weighted by molar-refractivity contribution is -0.0961. The fourth-order valence-electron chi connectivity index (χ4n) is 2.96. The summed E-state index contributed by atoms with van der Waals surface area (Å²) in [6, 6.07) is 5.85. The molecule has 4 atom stereocenters. The third-order valence-electron chi connectivity index (χ3n) is 3.96. The average molecular weight is 250 g/mol. The third-order valence-corrected chi connectivity index (χ3v) is 3.96. The highest BCUT2D eigenvalue weighted by atomic mass is 16.7. The molecule has 18 heavy (non-hydrogen) atoms. The normalized spacial score (nSPS) is 36.9. The first kappa shape index (κ1) is 10.6. The number of aliphatic hydroxyl groups excluding tert-OH is 1. The minimum atomic E-state index is -0.686. The van der Waals surface area contributed by atoms with Crippen molar-refractivity contribution in [2.75, 3.05) is 20.0 Å². The predicted molar refractivity (Wildman–Crippen MR) is 60.2 cm³/mol. The van der Waals surface area contributed by atoms with Crippen LogP contribution in [0, 0.1) is 11.8 Å². The summed E-state index contributed by atoms with van der Waals surface area (Å²) in [5.74, 6) is 1.84. The molecule has 3 aliphatic rings. The van der Waals surface area contributed by atoms with E-state index in [9.17, 15) is 5.11 Å². The second-order valence-electron chi connectivity index (χ2n) is 4.92. The van der Waals surface area contributed by atoms with Gasteiger partial charge in [-0.05, 0) is 17.7 Å². The van der Waals surface area contributed by atoms with Crippen LogP contribution in [0.5, 0.6) is 11.5 Å². The van der Waals surface area contributed by atoms with Crippen molar-refractivity contribution in [3.63, 3.8) is 0 Å². The van der Waals surface area contributed by atoms with Crippen LogP contribution >= 0.6 is 0 Å². The van der Waals surface area contributed by atoms with E-state index in [0.29, 0.717) is 13.2 Å². The van der Waals surface area contributed by atoms with Crippen LogP contribution in [0.15, 0.2) is 18.2 Å². The van der Waals surface area contributed by atoms with Crippen LogP contribution < -0.4 is 9.47 Å². The third kappa shape index (κ3) is 1.44. The van der Waals surface area contributed by atoms with E-state index in [1.807, 2.05) is 18.2 Å². The fourth-order valence-corrected chi connectivity index (χ4v) is 2.96. The van der Waals surface area contributed by atoms with E-state index in [1.165, 1.54) is 0 Å². The number of fused-ring (bicyclic) bond motifs is 2. The highest BCUT2D eigenvalue weighted by molar-refractivity contribution is 5.45.